The summed E-state index contributed by atoms with van der Waals surface area (Å²) in [6.07, 6.45) is 0.222. The molecule has 8 nitrogen and oxygen atoms in total. The number of nitro benzene ring substituents is 1. The summed E-state index contributed by atoms with van der Waals surface area (Å²) in [5.41, 5.74) is 0.311. The van der Waals surface area contributed by atoms with Crippen LogP contribution in [-0.4, -0.2) is 36.9 Å². The number of nitro groups is 1. The number of ketones is 1. The summed E-state index contributed by atoms with van der Waals surface area (Å²) in [6, 6.07) is 5.39. The van der Waals surface area contributed by atoms with Crippen LogP contribution in [0.4, 0.5) is 5.69 Å². The zero-order chi connectivity index (χ0) is 19.1. The number of carbonyl (C=O) groups excluding carboxylic acids is 3. The normalized spacial score (nSPS) is 13.0. The van der Waals surface area contributed by atoms with Crippen molar-refractivity contribution in [2.24, 2.45) is 11.8 Å². The molecule has 0 bridgehead atoms. The van der Waals surface area contributed by atoms with Gasteiger partial charge in [-0.25, -0.2) is 0 Å². The van der Waals surface area contributed by atoms with Crippen LogP contribution < -0.4 is 0 Å². The van der Waals surface area contributed by atoms with E-state index >= 15 is 0 Å². The Balaban J connectivity index is 3.45. The van der Waals surface area contributed by atoms with Gasteiger partial charge in [-0.15, -0.1) is 0 Å². The molecule has 0 aliphatic rings. The lowest BCUT2D eigenvalue weighted by molar-refractivity contribution is -0.384. The van der Waals surface area contributed by atoms with Crippen molar-refractivity contribution < 1.29 is 28.8 Å². The molecule has 1 aromatic rings. The molecule has 0 N–H and O–H groups in total. The van der Waals surface area contributed by atoms with Crippen LogP contribution >= 0.6 is 0 Å². The summed E-state index contributed by atoms with van der Waals surface area (Å²) in [5, 5.41) is 10.8. The summed E-state index contributed by atoms with van der Waals surface area (Å²) in [5.74, 6) is -4.69. The monoisotopic (exact) mass is 351 g/mol. The molecule has 0 radical (unpaired) electrons. The zero-order valence-corrected chi connectivity index (χ0v) is 14.6. The molecule has 0 saturated carbocycles. The van der Waals surface area contributed by atoms with Crippen LogP contribution in [0.5, 0.6) is 0 Å². The number of ether oxygens (including phenoxy) is 2. The Morgan fingerprint density at radius 1 is 1.08 bits per heavy atom. The fraction of sp³-hybridized carbons (Fsp3) is 0.471. The van der Waals surface area contributed by atoms with Crippen LogP contribution in [0.2, 0.25) is 0 Å². The molecule has 0 saturated heterocycles. The molecule has 8 heteroatoms. The Bertz CT molecular complexity index is 637. The van der Waals surface area contributed by atoms with Crippen LogP contribution in [0.3, 0.4) is 0 Å². The van der Waals surface area contributed by atoms with E-state index < -0.39 is 34.6 Å². The molecule has 0 fully saturated rings. The number of Topliss-reactive ketones (excluding diaryl/α,β-unsaturated/α-hetero) is 1. The lowest BCUT2D eigenvalue weighted by Crippen LogP contribution is -2.37. The minimum atomic E-state index is -1.35. The van der Waals surface area contributed by atoms with E-state index in [1.54, 1.807) is 13.8 Å². The van der Waals surface area contributed by atoms with Crippen LogP contribution in [0.25, 0.3) is 0 Å². The maximum absolute atomic E-state index is 12.2. The van der Waals surface area contributed by atoms with Crippen molar-refractivity contribution in [3.05, 3.63) is 39.9 Å². The Morgan fingerprint density at radius 3 is 1.92 bits per heavy atom. The average Bonchev–Trinajstić information content (AvgIpc) is 2.63. The van der Waals surface area contributed by atoms with E-state index in [1.165, 1.54) is 24.3 Å². The Kier molecular flexibility index (Phi) is 7.22. The predicted octanol–water partition coefficient (Wildman–Crippen LogP) is 2.26. The largest absolute Gasteiger partial charge is 0.468 e. The maximum atomic E-state index is 12.2. The fourth-order valence-electron chi connectivity index (χ4n) is 2.75. The minimum Gasteiger partial charge on any atom is -0.468 e. The van der Waals surface area contributed by atoms with Crippen molar-refractivity contribution in [1.29, 1.82) is 0 Å². The molecule has 0 aromatic heterocycles. The average molecular weight is 351 g/mol. The fourth-order valence-corrected chi connectivity index (χ4v) is 2.75. The standard InChI is InChI=1S/C17H21NO7/c1-5-13(19)10(2)14(15(16(20)24-3)17(21)25-4)11-6-8-12(9-7-11)18(22)23/h6-10,14-15H,5H2,1-4H3/t10-,14-/m1/s1. The molecule has 0 amide bonds. The molecular formula is C17H21NO7. The highest BCUT2D eigenvalue weighted by molar-refractivity contribution is 5.97. The van der Waals surface area contributed by atoms with Gasteiger partial charge in [0.05, 0.1) is 19.1 Å². The van der Waals surface area contributed by atoms with Crippen molar-refractivity contribution in [3.63, 3.8) is 0 Å². The SMILES string of the molecule is CCC(=O)[C@@H](C)[C@H](c1ccc([N+](=O)[O-])cc1)C(C(=O)OC)C(=O)OC. The van der Waals surface area contributed by atoms with Crippen LogP contribution in [-0.2, 0) is 23.9 Å². The van der Waals surface area contributed by atoms with Gasteiger partial charge < -0.3 is 9.47 Å². The highest BCUT2D eigenvalue weighted by atomic mass is 16.6. The smallest absolute Gasteiger partial charge is 0.320 e. The first kappa shape index (κ1) is 20.3. The molecule has 0 spiro atoms. The van der Waals surface area contributed by atoms with Gasteiger partial charge in [-0.05, 0) is 5.56 Å². The molecule has 0 unspecified atom stereocenters. The van der Waals surface area contributed by atoms with Crippen molar-refractivity contribution in [3.8, 4) is 0 Å². The third kappa shape index (κ3) is 4.62. The molecule has 0 aliphatic heterocycles. The van der Waals surface area contributed by atoms with Crippen LogP contribution in [0.1, 0.15) is 31.7 Å². The van der Waals surface area contributed by atoms with Gasteiger partial charge in [0.25, 0.3) is 5.69 Å². The number of nitrogens with zero attached hydrogens (tertiary/aromatic N) is 1. The van der Waals surface area contributed by atoms with Crippen molar-refractivity contribution in [2.75, 3.05) is 14.2 Å². The third-order valence-corrected chi connectivity index (χ3v) is 4.15. The highest BCUT2D eigenvalue weighted by Gasteiger charge is 2.42. The first-order chi connectivity index (χ1) is 11.8. The molecule has 25 heavy (non-hydrogen) atoms. The summed E-state index contributed by atoms with van der Waals surface area (Å²) >= 11 is 0. The van der Waals surface area contributed by atoms with Gasteiger partial charge in [-0.2, -0.15) is 0 Å². The third-order valence-electron chi connectivity index (χ3n) is 4.15. The Hall–Kier alpha value is -2.77. The Labute approximate surface area is 145 Å². The molecule has 0 aliphatic carbocycles. The van der Waals surface area contributed by atoms with Gasteiger partial charge >= 0.3 is 11.9 Å². The van der Waals surface area contributed by atoms with E-state index in [2.05, 4.69) is 0 Å². The van der Waals surface area contributed by atoms with E-state index in [9.17, 15) is 24.5 Å². The quantitative estimate of drug-likeness (QED) is 0.305. The van der Waals surface area contributed by atoms with E-state index in [0.717, 1.165) is 14.2 Å². The van der Waals surface area contributed by atoms with E-state index in [-0.39, 0.29) is 17.9 Å². The number of methoxy groups -OCH3 is 2. The molecule has 2 atom stereocenters. The Morgan fingerprint density at radius 2 is 1.56 bits per heavy atom. The van der Waals surface area contributed by atoms with Crippen LogP contribution in [0.15, 0.2) is 24.3 Å². The lowest BCUT2D eigenvalue weighted by atomic mass is 9.75. The first-order valence-electron chi connectivity index (χ1n) is 7.71. The number of hydrogen-bond donors (Lipinski definition) is 0. The topological polar surface area (TPSA) is 113 Å². The lowest BCUT2D eigenvalue weighted by Gasteiger charge is -2.28. The number of benzene rings is 1. The van der Waals surface area contributed by atoms with E-state index in [1.807, 2.05) is 0 Å². The molecule has 1 rings (SSSR count). The van der Waals surface area contributed by atoms with Gasteiger partial charge in [-0.3, -0.25) is 24.5 Å². The molecular weight excluding hydrogens is 330 g/mol. The summed E-state index contributed by atoms with van der Waals surface area (Å²) < 4.78 is 9.41. The number of hydrogen-bond acceptors (Lipinski definition) is 7. The van der Waals surface area contributed by atoms with Gasteiger partial charge in [0, 0.05) is 30.4 Å². The van der Waals surface area contributed by atoms with Crippen molar-refractivity contribution in [2.45, 2.75) is 26.2 Å². The van der Waals surface area contributed by atoms with Crippen molar-refractivity contribution >= 4 is 23.4 Å². The first-order valence-corrected chi connectivity index (χ1v) is 7.71. The van der Waals surface area contributed by atoms with Gasteiger partial charge in [-0.1, -0.05) is 26.0 Å². The molecule has 136 valence electrons. The van der Waals surface area contributed by atoms with Crippen LogP contribution in [0, 0.1) is 22.0 Å². The maximum Gasteiger partial charge on any atom is 0.320 e. The molecule has 1 aromatic carbocycles. The number of rotatable bonds is 8. The summed E-state index contributed by atoms with van der Waals surface area (Å²) in [7, 11) is 2.27. The number of non-ortho nitro benzene ring substituents is 1. The summed E-state index contributed by atoms with van der Waals surface area (Å²) in [4.78, 5) is 46.8. The predicted molar refractivity (Wildman–Crippen MR) is 87.8 cm³/mol. The van der Waals surface area contributed by atoms with Gasteiger partial charge in [0.1, 0.15) is 5.78 Å². The second-order valence-corrected chi connectivity index (χ2v) is 5.51. The second kappa shape index (κ2) is 8.91. The van der Waals surface area contributed by atoms with E-state index in [4.69, 9.17) is 9.47 Å². The van der Waals surface area contributed by atoms with Gasteiger partial charge in [0.2, 0.25) is 0 Å². The van der Waals surface area contributed by atoms with Gasteiger partial charge in [0.15, 0.2) is 5.92 Å². The van der Waals surface area contributed by atoms with Crippen molar-refractivity contribution in [1.82, 2.24) is 0 Å². The summed E-state index contributed by atoms with van der Waals surface area (Å²) in [6.45, 7) is 3.29. The number of carbonyl (C=O) groups is 3. The highest BCUT2D eigenvalue weighted by Crippen LogP contribution is 2.36. The van der Waals surface area contributed by atoms with E-state index in [0.29, 0.717) is 5.56 Å². The number of esters is 2. The zero-order valence-electron chi connectivity index (χ0n) is 14.6. The minimum absolute atomic E-state index is 0.135. The molecule has 0 heterocycles. The second-order valence-electron chi connectivity index (χ2n) is 5.51.